The fourth-order valence-electron chi connectivity index (χ4n) is 2.56. The first-order valence-corrected chi connectivity index (χ1v) is 8.46. The number of hydrogen-bond donors (Lipinski definition) is 0. The summed E-state index contributed by atoms with van der Waals surface area (Å²) in [5, 5.41) is 3.87. The number of hydrogen-bond acceptors (Lipinski definition) is 2. The number of benzene rings is 1. The first kappa shape index (κ1) is 18.6. The molecule has 1 aromatic carbocycles. The number of unbranched alkanes of at least 4 members (excludes halogenated alkanes) is 4. The predicted octanol–water partition coefficient (Wildman–Crippen LogP) is 4.50. The van der Waals surface area contributed by atoms with Crippen LogP contribution in [0.2, 0.25) is 0 Å². The van der Waals surface area contributed by atoms with Gasteiger partial charge in [0.15, 0.2) is 0 Å². The summed E-state index contributed by atoms with van der Waals surface area (Å²) in [6.45, 7) is 8.56. The van der Waals surface area contributed by atoms with Crippen molar-refractivity contribution in [2.75, 3.05) is 19.6 Å². The van der Waals surface area contributed by atoms with Crippen LogP contribution in [0.3, 0.4) is 0 Å². The Morgan fingerprint density at radius 3 is 2.14 bits per heavy atom. The maximum atomic E-state index is 13.0. The maximum Gasteiger partial charge on any atom is 0.268 e. The van der Waals surface area contributed by atoms with E-state index in [1.165, 1.54) is 37.8 Å². The molecule has 0 radical (unpaired) electrons. The van der Waals surface area contributed by atoms with Gasteiger partial charge in [-0.25, -0.2) is 9.40 Å². The van der Waals surface area contributed by atoms with Gasteiger partial charge in [-0.15, -0.1) is 0 Å². The minimum atomic E-state index is -0.317. The van der Waals surface area contributed by atoms with E-state index in [-0.39, 0.29) is 11.7 Å². The normalized spacial score (nSPS) is 11.0. The minimum absolute atomic E-state index is 0.0575. The van der Waals surface area contributed by atoms with Crippen molar-refractivity contribution in [2.24, 2.45) is 0 Å². The molecule has 0 saturated carbocycles. The lowest BCUT2D eigenvalue weighted by molar-refractivity contribution is -0.00534. The van der Waals surface area contributed by atoms with E-state index in [0.29, 0.717) is 12.1 Å². The average Bonchev–Trinajstić information content (AvgIpc) is 2.54. The smallest absolute Gasteiger partial charge is 0.268 e. The number of rotatable bonds is 10. The molecule has 1 amide bonds. The van der Waals surface area contributed by atoms with Crippen LogP contribution in [-0.2, 0) is 0 Å². The Morgan fingerprint density at radius 2 is 1.59 bits per heavy atom. The van der Waals surface area contributed by atoms with Gasteiger partial charge in [0.1, 0.15) is 5.82 Å². The molecular formula is C18H29FN2O. The summed E-state index contributed by atoms with van der Waals surface area (Å²) in [6, 6.07) is 5.77. The van der Waals surface area contributed by atoms with Crippen LogP contribution in [0.15, 0.2) is 24.3 Å². The fraction of sp³-hybridized carbons (Fsp3) is 0.611. The zero-order chi connectivity index (χ0) is 16.4. The monoisotopic (exact) mass is 308 g/mol. The van der Waals surface area contributed by atoms with Gasteiger partial charge < -0.3 is 0 Å². The summed E-state index contributed by atoms with van der Waals surface area (Å²) in [6.07, 6.45) is 6.07. The number of carbonyl (C=O) groups is 1. The first-order chi connectivity index (χ1) is 10.6. The van der Waals surface area contributed by atoms with Crippen LogP contribution >= 0.6 is 0 Å². The lowest BCUT2D eigenvalue weighted by Gasteiger charge is -2.33. The standard InChI is InChI=1S/C18H29FN2O/c1-4-7-8-9-10-15-20(5-2)21(6-3)18(22)16-11-13-17(19)14-12-16/h11-14H,4-10,15H2,1-3H3. The molecule has 0 aliphatic carbocycles. The molecule has 1 aromatic rings. The minimum Gasteiger partial charge on any atom is -0.272 e. The van der Waals surface area contributed by atoms with Gasteiger partial charge >= 0.3 is 0 Å². The Morgan fingerprint density at radius 1 is 0.955 bits per heavy atom. The van der Waals surface area contributed by atoms with E-state index in [1.807, 2.05) is 6.92 Å². The Bertz CT molecular complexity index is 433. The first-order valence-electron chi connectivity index (χ1n) is 8.46. The second kappa shape index (κ2) is 10.3. The van der Waals surface area contributed by atoms with E-state index in [1.54, 1.807) is 17.1 Å². The molecule has 1 rings (SSSR count). The van der Waals surface area contributed by atoms with E-state index in [4.69, 9.17) is 0 Å². The van der Waals surface area contributed by atoms with E-state index >= 15 is 0 Å². The van der Waals surface area contributed by atoms with Crippen molar-refractivity contribution in [3.63, 3.8) is 0 Å². The van der Waals surface area contributed by atoms with Crippen LogP contribution in [-0.4, -0.2) is 35.6 Å². The molecule has 0 saturated heterocycles. The highest BCUT2D eigenvalue weighted by molar-refractivity contribution is 5.93. The van der Waals surface area contributed by atoms with Crippen molar-refractivity contribution in [3.8, 4) is 0 Å². The molecule has 0 aliphatic rings. The van der Waals surface area contributed by atoms with Gasteiger partial charge in [0.25, 0.3) is 5.91 Å². The molecule has 4 heteroatoms. The summed E-state index contributed by atoms with van der Waals surface area (Å²) < 4.78 is 13.0. The molecule has 22 heavy (non-hydrogen) atoms. The molecule has 0 aromatic heterocycles. The number of nitrogens with zero attached hydrogens (tertiary/aromatic N) is 2. The van der Waals surface area contributed by atoms with Gasteiger partial charge in [-0.2, -0.15) is 0 Å². The molecule has 0 unspecified atom stereocenters. The largest absolute Gasteiger partial charge is 0.272 e. The van der Waals surface area contributed by atoms with Gasteiger partial charge in [-0.3, -0.25) is 9.80 Å². The Labute approximate surface area is 134 Å². The van der Waals surface area contributed by atoms with Gasteiger partial charge in [-0.05, 0) is 37.6 Å². The Balaban J connectivity index is 2.61. The van der Waals surface area contributed by atoms with Gasteiger partial charge in [-0.1, -0.05) is 39.5 Å². The van der Waals surface area contributed by atoms with Crippen LogP contribution < -0.4 is 0 Å². The third kappa shape index (κ3) is 5.76. The number of halogens is 1. The zero-order valence-electron chi connectivity index (χ0n) is 14.1. The Kier molecular flexibility index (Phi) is 8.75. The SMILES string of the molecule is CCCCCCCN(CC)N(CC)C(=O)c1ccc(F)cc1. The van der Waals surface area contributed by atoms with Crippen LogP contribution in [0.25, 0.3) is 0 Å². The maximum absolute atomic E-state index is 13.0. The molecular weight excluding hydrogens is 279 g/mol. The lowest BCUT2D eigenvalue weighted by atomic mass is 10.1. The third-order valence-electron chi connectivity index (χ3n) is 3.85. The molecule has 124 valence electrons. The van der Waals surface area contributed by atoms with Crippen LogP contribution in [0.1, 0.15) is 63.2 Å². The zero-order valence-corrected chi connectivity index (χ0v) is 14.1. The van der Waals surface area contributed by atoms with Gasteiger partial charge in [0, 0.05) is 25.2 Å². The molecule has 0 N–H and O–H groups in total. The number of amides is 1. The summed E-state index contributed by atoms with van der Waals surface area (Å²) in [4.78, 5) is 12.6. The lowest BCUT2D eigenvalue weighted by Crippen LogP contribution is -2.46. The van der Waals surface area contributed by atoms with E-state index < -0.39 is 0 Å². The third-order valence-corrected chi connectivity index (χ3v) is 3.85. The number of carbonyl (C=O) groups excluding carboxylic acids is 1. The van der Waals surface area contributed by atoms with Crippen LogP contribution in [0, 0.1) is 5.82 Å². The van der Waals surface area contributed by atoms with Crippen molar-refractivity contribution in [1.82, 2.24) is 10.0 Å². The summed E-state index contributed by atoms with van der Waals surface area (Å²) in [5.41, 5.74) is 0.535. The molecule has 0 aliphatic heterocycles. The van der Waals surface area contributed by atoms with E-state index in [9.17, 15) is 9.18 Å². The highest BCUT2D eigenvalue weighted by atomic mass is 19.1. The molecule has 3 nitrogen and oxygen atoms in total. The van der Waals surface area contributed by atoms with E-state index in [0.717, 1.165) is 19.5 Å². The highest BCUT2D eigenvalue weighted by Gasteiger charge is 2.19. The Hall–Kier alpha value is -1.42. The van der Waals surface area contributed by atoms with Crippen LogP contribution in [0.4, 0.5) is 4.39 Å². The summed E-state index contributed by atoms with van der Waals surface area (Å²) >= 11 is 0. The average molecular weight is 308 g/mol. The summed E-state index contributed by atoms with van der Waals surface area (Å²) in [5.74, 6) is -0.374. The number of hydrazine groups is 1. The fourth-order valence-corrected chi connectivity index (χ4v) is 2.56. The second-order valence-electron chi connectivity index (χ2n) is 5.49. The molecule has 0 atom stereocenters. The molecule has 0 fully saturated rings. The molecule has 0 heterocycles. The van der Waals surface area contributed by atoms with Crippen LogP contribution in [0.5, 0.6) is 0 Å². The van der Waals surface area contributed by atoms with Crippen molar-refractivity contribution in [2.45, 2.75) is 52.9 Å². The predicted molar refractivity (Wildman–Crippen MR) is 89.1 cm³/mol. The molecule has 0 bridgehead atoms. The molecule has 0 spiro atoms. The van der Waals surface area contributed by atoms with Crippen molar-refractivity contribution < 1.29 is 9.18 Å². The van der Waals surface area contributed by atoms with Crippen molar-refractivity contribution in [3.05, 3.63) is 35.6 Å². The summed E-state index contributed by atoms with van der Waals surface area (Å²) in [7, 11) is 0. The van der Waals surface area contributed by atoms with Gasteiger partial charge in [0.2, 0.25) is 0 Å². The van der Waals surface area contributed by atoms with Gasteiger partial charge in [0.05, 0.1) is 0 Å². The quantitative estimate of drug-likeness (QED) is 0.469. The van der Waals surface area contributed by atoms with E-state index in [2.05, 4.69) is 18.9 Å². The van der Waals surface area contributed by atoms with Crippen molar-refractivity contribution >= 4 is 5.91 Å². The second-order valence-corrected chi connectivity index (χ2v) is 5.49. The van der Waals surface area contributed by atoms with Crippen molar-refractivity contribution in [1.29, 1.82) is 0 Å². The topological polar surface area (TPSA) is 23.6 Å². The highest BCUT2D eigenvalue weighted by Crippen LogP contribution is 2.11.